The van der Waals surface area contributed by atoms with Crippen molar-refractivity contribution in [2.24, 2.45) is 0 Å². The number of nitrogens with zero attached hydrogens (tertiary/aromatic N) is 5. The molecule has 1 amide bonds. The molecule has 2 aliphatic rings. The number of hydrogen-bond acceptors (Lipinski definition) is 6. The van der Waals surface area contributed by atoms with Crippen molar-refractivity contribution < 1.29 is 13.2 Å². The number of carbonyl (C=O) groups is 1. The Balaban J connectivity index is 1.40. The van der Waals surface area contributed by atoms with Crippen molar-refractivity contribution in [2.75, 3.05) is 45.2 Å². The maximum atomic E-state index is 12.8. The molecule has 9 heteroatoms. The average Bonchev–Trinajstić information content (AvgIpc) is 3.21. The van der Waals surface area contributed by atoms with Gasteiger partial charge < -0.3 is 9.80 Å². The molecule has 1 aromatic heterocycles. The highest BCUT2D eigenvalue weighted by atomic mass is 32.2. The van der Waals surface area contributed by atoms with Gasteiger partial charge in [-0.1, -0.05) is 0 Å². The lowest BCUT2D eigenvalue weighted by Gasteiger charge is -2.35. The summed E-state index contributed by atoms with van der Waals surface area (Å²) >= 11 is 0. The molecule has 0 atom stereocenters. The molecule has 0 N–H and O–H groups in total. The monoisotopic (exact) mass is 415 g/mol. The van der Waals surface area contributed by atoms with Crippen LogP contribution in [0.25, 0.3) is 0 Å². The van der Waals surface area contributed by atoms with E-state index in [0.717, 1.165) is 35.1 Å². The number of carbonyl (C=O) groups excluding carboxylic acids is 1. The third kappa shape index (κ3) is 3.84. The molecule has 0 spiro atoms. The van der Waals surface area contributed by atoms with Gasteiger partial charge in [0.1, 0.15) is 0 Å². The molecule has 1 aliphatic heterocycles. The summed E-state index contributed by atoms with van der Waals surface area (Å²) in [5.74, 6) is 0.800. The average molecular weight is 416 g/mol. The van der Waals surface area contributed by atoms with Crippen LogP contribution in [0.4, 0.5) is 5.82 Å². The van der Waals surface area contributed by atoms with Crippen molar-refractivity contribution in [3.05, 3.63) is 47.2 Å². The Bertz CT molecular complexity index is 1010. The number of aryl methyl sites for hydroxylation is 2. The number of aromatic nitrogens is 2. The van der Waals surface area contributed by atoms with Crippen molar-refractivity contribution in [1.82, 2.24) is 19.4 Å². The van der Waals surface area contributed by atoms with Gasteiger partial charge in [-0.25, -0.2) is 12.7 Å². The number of benzene rings is 1. The molecule has 4 rings (SSSR count). The number of piperazine rings is 1. The van der Waals surface area contributed by atoms with Crippen LogP contribution in [0.5, 0.6) is 0 Å². The van der Waals surface area contributed by atoms with Gasteiger partial charge in [-0.15, -0.1) is 5.10 Å². The van der Waals surface area contributed by atoms with Gasteiger partial charge in [-0.2, -0.15) is 5.10 Å². The Labute approximate surface area is 171 Å². The molecule has 29 heavy (non-hydrogen) atoms. The van der Waals surface area contributed by atoms with Gasteiger partial charge in [0, 0.05) is 45.8 Å². The van der Waals surface area contributed by atoms with Crippen LogP contribution in [-0.2, 0) is 22.9 Å². The molecule has 1 saturated heterocycles. The van der Waals surface area contributed by atoms with Crippen molar-refractivity contribution >= 4 is 21.7 Å². The van der Waals surface area contributed by atoms with Crippen molar-refractivity contribution in [1.29, 1.82) is 0 Å². The fourth-order valence-corrected chi connectivity index (χ4v) is 4.67. The van der Waals surface area contributed by atoms with Crippen LogP contribution in [0.2, 0.25) is 0 Å². The summed E-state index contributed by atoms with van der Waals surface area (Å²) in [7, 11) is -0.527. The van der Waals surface area contributed by atoms with Gasteiger partial charge in [0.15, 0.2) is 5.82 Å². The molecule has 0 bridgehead atoms. The minimum absolute atomic E-state index is 0.0847. The van der Waals surface area contributed by atoms with E-state index in [0.29, 0.717) is 31.7 Å². The first-order valence-electron chi connectivity index (χ1n) is 9.78. The standard InChI is InChI=1S/C20H25N5O3S/c1-23(2)29(27,28)17-8-6-15(7-9-17)20(26)25-12-10-24(11-13-25)19-14-16-4-3-5-18(16)21-22-19/h6-9,14H,3-5,10-13H2,1-2H3. The van der Waals surface area contributed by atoms with Crippen molar-refractivity contribution in [3.63, 3.8) is 0 Å². The zero-order valence-corrected chi connectivity index (χ0v) is 17.5. The summed E-state index contributed by atoms with van der Waals surface area (Å²) in [6.45, 7) is 2.59. The van der Waals surface area contributed by atoms with Crippen LogP contribution in [0.3, 0.4) is 0 Å². The van der Waals surface area contributed by atoms with E-state index < -0.39 is 10.0 Å². The predicted octanol–water partition coefficient (Wildman–Crippen LogP) is 1.18. The highest BCUT2D eigenvalue weighted by Gasteiger charge is 2.25. The van der Waals surface area contributed by atoms with E-state index in [1.165, 1.54) is 31.8 Å². The molecule has 0 radical (unpaired) electrons. The molecule has 2 heterocycles. The van der Waals surface area contributed by atoms with Crippen LogP contribution in [0.1, 0.15) is 28.0 Å². The van der Waals surface area contributed by atoms with Gasteiger partial charge in [-0.3, -0.25) is 4.79 Å². The summed E-state index contributed by atoms with van der Waals surface area (Å²) in [4.78, 5) is 17.0. The highest BCUT2D eigenvalue weighted by molar-refractivity contribution is 7.89. The summed E-state index contributed by atoms with van der Waals surface area (Å²) in [5.41, 5.74) is 2.90. The molecule has 0 saturated carbocycles. The Morgan fingerprint density at radius 2 is 1.69 bits per heavy atom. The first-order valence-corrected chi connectivity index (χ1v) is 11.2. The van der Waals surface area contributed by atoms with Gasteiger partial charge in [0.2, 0.25) is 10.0 Å². The van der Waals surface area contributed by atoms with E-state index in [1.54, 1.807) is 17.0 Å². The normalized spacial score (nSPS) is 16.9. The van der Waals surface area contributed by atoms with Gasteiger partial charge in [-0.05, 0) is 55.2 Å². The minimum atomic E-state index is -3.50. The summed E-state index contributed by atoms with van der Waals surface area (Å²) < 4.78 is 25.5. The predicted molar refractivity (Wildman–Crippen MR) is 109 cm³/mol. The number of amides is 1. The quantitative estimate of drug-likeness (QED) is 0.745. The van der Waals surface area contributed by atoms with Crippen LogP contribution < -0.4 is 4.90 Å². The number of anilines is 1. The van der Waals surface area contributed by atoms with Gasteiger partial charge in [0.25, 0.3) is 5.91 Å². The lowest BCUT2D eigenvalue weighted by atomic mass is 10.1. The Morgan fingerprint density at radius 1 is 1.00 bits per heavy atom. The number of hydrogen-bond donors (Lipinski definition) is 0. The molecular weight excluding hydrogens is 390 g/mol. The summed E-state index contributed by atoms with van der Waals surface area (Å²) in [6.07, 6.45) is 3.22. The largest absolute Gasteiger partial charge is 0.352 e. The molecule has 154 valence electrons. The number of sulfonamides is 1. The van der Waals surface area contributed by atoms with E-state index in [9.17, 15) is 13.2 Å². The second-order valence-electron chi connectivity index (χ2n) is 7.62. The third-order valence-electron chi connectivity index (χ3n) is 5.58. The molecule has 1 aromatic carbocycles. The lowest BCUT2D eigenvalue weighted by molar-refractivity contribution is 0.0746. The Morgan fingerprint density at radius 3 is 2.34 bits per heavy atom. The van der Waals surface area contributed by atoms with E-state index in [-0.39, 0.29) is 10.8 Å². The maximum absolute atomic E-state index is 12.8. The molecule has 0 unspecified atom stereocenters. The molecule has 8 nitrogen and oxygen atoms in total. The van der Waals surface area contributed by atoms with E-state index in [1.807, 2.05) is 0 Å². The third-order valence-corrected chi connectivity index (χ3v) is 7.41. The zero-order chi connectivity index (χ0) is 20.6. The first kappa shape index (κ1) is 19.8. The Kier molecular flexibility index (Phi) is 5.26. The topological polar surface area (TPSA) is 86.7 Å². The highest BCUT2D eigenvalue weighted by Crippen LogP contribution is 2.24. The van der Waals surface area contributed by atoms with Crippen molar-refractivity contribution in [3.8, 4) is 0 Å². The summed E-state index contributed by atoms with van der Waals surface area (Å²) in [6, 6.07) is 8.27. The van der Waals surface area contributed by atoms with Crippen LogP contribution in [-0.4, -0.2) is 74.0 Å². The van der Waals surface area contributed by atoms with E-state index in [2.05, 4.69) is 21.2 Å². The molecule has 1 aliphatic carbocycles. The number of rotatable bonds is 4. The minimum Gasteiger partial charge on any atom is -0.352 e. The van der Waals surface area contributed by atoms with E-state index >= 15 is 0 Å². The maximum Gasteiger partial charge on any atom is 0.253 e. The number of fused-ring (bicyclic) bond motifs is 1. The molecule has 2 aromatic rings. The zero-order valence-electron chi connectivity index (χ0n) is 16.7. The van der Waals surface area contributed by atoms with Crippen LogP contribution in [0.15, 0.2) is 35.2 Å². The second-order valence-corrected chi connectivity index (χ2v) is 9.77. The molecular formula is C20H25N5O3S. The van der Waals surface area contributed by atoms with Crippen molar-refractivity contribution in [2.45, 2.75) is 24.2 Å². The lowest BCUT2D eigenvalue weighted by Crippen LogP contribution is -2.49. The summed E-state index contributed by atoms with van der Waals surface area (Å²) in [5, 5.41) is 8.71. The fraction of sp³-hybridized carbons (Fsp3) is 0.450. The molecule has 1 fully saturated rings. The van der Waals surface area contributed by atoms with E-state index in [4.69, 9.17) is 0 Å². The SMILES string of the molecule is CN(C)S(=O)(=O)c1ccc(C(=O)N2CCN(c3cc4c(nn3)CCC4)CC2)cc1. The fourth-order valence-electron chi connectivity index (χ4n) is 3.77. The second kappa shape index (κ2) is 7.72. The van der Waals surface area contributed by atoms with Crippen LogP contribution >= 0.6 is 0 Å². The smallest absolute Gasteiger partial charge is 0.253 e. The van der Waals surface area contributed by atoms with Crippen LogP contribution in [0, 0.1) is 0 Å². The Hall–Kier alpha value is -2.52. The van der Waals surface area contributed by atoms with Gasteiger partial charge >= 0.3 is 0 Å². The first-order chi connectivity index (χ1) is 13.9. The van der Waals surface area contributed by atoms with Gasteiger partial charge in [0.05, 0.1) is 10.6 Å².